The van der Waals surface area contributed by atoms with Gasteiger partial charge in [-0.1, -0.05) is 26.0 Å². The minimum atomic E-state index is -0.178. The summed E-state index contributed by atoms with van der Waals surface area (Å²) in [7, 11) is 1.81. The summed E-state index contributed by atoms with van der Waals surface area (Å²) in [6.07, 6.45) is 0.786. The monoisotopic (exact) mass is 291 g/mol. The van der Waals surface area contributed by atoms with Crippen molar-refractivity contribution in [2.75, 3.05) is 20.1 Å². The first-order valence-corrected chi connectivity index (χ1v) is 7.51. The largest absolute Gasteiger partial charge is 0.356 e. The van der Waals surface area contributed by atoms with E-state index in [4.69, 9.17) is 0 Å². The molecule has 0 atom stereocenters. The number of likely N-dealkylation sites (tertiary alicyclic amines) is 1. The third-order valence-corrected chi connectivity index (χ3v) is 4.94. The van der Waals surface area contributed by atoms with Gasteiger partial charge in [0.05, 0.1) is 0 Å². The van der Waals surface area contributed by atoms with Gasteiger partial charge in [-0.25, -0.2) is 4.39 Å². The molecule has 1 aliphatic heterocycles. The molecule has 0 bridgehead atoms. The Morgan fingerprint density at radius 2 is 2.05 bits per heavy atom. The van der Waals surface area contributed by atoms with Gasteiger partial charge in [0.15, 0.2) is 5.96 Å². The molecule has 1 fully saturated rings. The summed E-state index contributed by atoms with van der Waals surface area (Å²) in [4.78, 5) is 6.68. The van der Waals surface area contributed by atoms with E-state index >= 15 is 0 Å². The Kier molecular flexibility index (Phi) is 4.26. The molecule has 1 aromatic carbocycles. The van der Waals surface area contributed by atoms with Crippen molar-refractivity contribution in [3.8, 4) is 0 Å². The molecular formula is C17H26FN3. The lowest BCUT2D eigenvalue weighted by Crippen LogP contribution is -2.72. The lowest BCUT2D eigenvalue weighted by Gasteiger charge is -2.62. The quantitative estimate of drug-likeness (QED) is 0.684. The molecule has 1 N–H and O–H groups in total. The van der Waals surface area contributed by atoms with E-state index in [2.05, 4.69) is 42.9 Å². The fourth-order valence-corrected chi connectivity index (χ4v) is 2.71. The SMILES string of the molecule is CN=C(NCCc1cccc(F)c1)N1CC(C)(C)C1(C)C. The molecular weight excluding hydrogens is 265 g/mol. The minimum Gasteiger partial charge on any atom is -0.356 e. The van der Waals surface area contributed by atoms with Gasteiger partial charge in [0.1, 0.15) is 5.82 Å². The van der Waals surface area contributed by atoms with Crippen molar-refractivity contribution in [2.24, 2.45) is 10.4 Å². The predicted molar refractivity (Wildman–Crippen MR) is 86.0 cm³/mol. The molecule has 0 aromatic heterocycles. The Morgan fingerprint density at radius 3 is 2.57 bits per heavy atom. The van der Waals surface area contributed by atoms with Crippen LogP contribution in [0.1, 0.15) is 33.3 Å². The smallest absolute Gasteiger partial charge is 0.194 e. The molecule has 0 unspecified atom stereocenters. The Bertz CT molecular complexity index is 535. The third kappa shape index (κ3) is 3.04. The molecule has 116 valence electrons. The van der Waals surface area contributed by atoms with E-state index in [9.17, 15) is 4.39 Å². The van der Waals surface area contributed by atoms with Crippen LogP contribution in [0.4, 0.5) is 4.39 Å². The molecule has 4 heteroatoms. The zero-order valence-electron chi connectivity index (χ0n) is 13.7. The standard InChI is InChI=1S/C17H26FN3/c1-16(2)12-21(17(16,3)4)15(19-5)20-10-9-13-7-6-8-14(18)11-13/h6-8,11H,9-10,12H2,1-5H3,(H,19,20). The number of hydrogen-bond acceptors (Lipinski definition) is 1. The molecule has 21 heavy (non-hydrogen) atoms. The fraction of sp³-hybridized carbons (Fsp3) is 0.588. The Balaban J connectivity index is 1.90. The summed E-state index contributed by atoms with van der Waals surface area (Å²) in [5, 5.41) is 3.39. The van der Waals surface area contributed by atoms with Gasteiger partial charge in [0.25, 0.3) is 0 Å². The van der Waals surface area contributed by atoms with Crippen molar-refractivity contribution in [3.05, 3.63) is 35.6 Å². The molecule has 0 spiro atoms. The van der Waals surface area contributed by atoms with Gasteiger partial charge < -0.3 is 10.2 Å². The summed E-state index contributed by atoms with van der Waals surface area (Å²) in [5.41, 5.74) is 1.38. The van der Waals surface area contributed by atoms with E-state index in [1.807, 2.05) is 13.1 Å². The minimum absolute atomic E-state index is 0.0910. The third-order valence-electron chi connectivity index (χ3n) is 4.94. The molecule has 0 saturated carbocycles. The molecule has 1 heterocycles. The lowest BCUT2D eigenvalue weighted by molar-refractivity contribution is -0.0666. The van der Waals surface area contributed by atoms with Gasteiger partial charge in [-0.3, -0.25) is 4.99 Å². The predicted octanol–water partition coefficient (Wildman–Crippen LogP) is 3.06. The average molecular weight is 291 g/mol. The lowest BCUT2D eigenvalue weighted by atomic mass is 9.65. The van der Waals surface area contributed by atoms with Crippen LogP contribution in [0.5, 0.6) is 0 Å². The first-order valence-electron chi connectivity index (χ1n) is 7.51. The van der Waals surface area contributed by atoms with Gasteiger partial charge in [-0.15, -0.1) is 0 Å². The van der Waals surface area contributed by atoms with E-state index in [1.165, 1.54) is 6.07 Å². The number of rotatable bonds is 3. The van der Waals surface area contributed by atoms with Crippen molar-refractivity contribution >= 4 is 5.96 Å². The van der Waals surface area contributed by atoms with Crippen molar-refractivity contribution in [1.29, 1.82) is 0 Å². The highest BCUT2D eigenvalue weighted by Crippen LogP contribution is 2.46. The molecule has 1 aliphatic rings. The molecule has 1 aromatic rings. The van der Waals surface area contributed by atoms with Crippen molar-refractivity contribution in [2.45, 2.75) is 39.7 Å². The number of aliphatic imine (C=N–C) groups is 1. The van der Waals surface area contributed by atoms with Crippen LogP contribution in [0.25, 0.3) is 0 Å². The van der Waals surface area contributed by atoms with E-state index in [0.29, 0.717) is 0 Å². The second kappa shape index (κ2) is 5.66. The molecule has 0 amide bonds. The number of guanidine groups is 1. The van der Waals surface area contributed by atoms with Crippen LogP contribution in [-0.4, -0.2) is 36.5 Å². The summed E-state index contributed by atoms with van der Waals surface area (Å²) >= 11 is 0. The van der Waals surface area contributed by atoms with E-state index in [1.54, 1.807) is 12.1 Å². The maximum absolute atomic E-state index is 13.1. The zero-order valence-corrected chi connectivity index (χ0v) is 13.7. The number of nitrogens with one attached hydrogen (secondary N) is 1. The van der Waals surface area contributed by atoms with Crippen LogP contribution in [0.15, 0.2) is 29.3 Å². The molecule has 2 rings (SSSR count). The second-order valence-corrected chi connectivity index (χ2v) is 6.88. The van der Waals surface area contributed by atoms with Gasteiger partial charge >= 0.3 is 0 Å². The Labute approximate surface area is 127 Å². The van der Waals surface area contributed by atoms with Crippen molar-refractivity contribution in [3.63, 3.8) is 0 Å². The van der Waals surface area contributed by atoms with Crippen molar-refractivity contribution < 1.29 is 4.39 Å². The molecule has 0 aliphatic carbocycles. The summed E-state index contributed by atoms with van der Waals surface area (Å²) in [6, 6.07) is 6.76. The number of benzene rings is 1. The topological polar surface area (TPSA) is 27.6 Å². The van der Waals surface area contributed by atoms with E-state index in [-0.39, 0.29) is 16.8 Å². The molecule has 0 radical (unpaired) electrons. The molecule has 1 saturated heterocycles. The average Bonchev–Trinajstić information content (AvgIpc) is 2.42. The Hall–Kier alpha value is -1.58. The van der Waals surface area contributed by atoms with Gasteiger partial charge in [-0.2, -0.15) is 0 Å². The van der Waals surface area contributed by atoms with Gasteiger partial charge in [0.2, 0.25) is 0 Å². The van der Waals surface area contributed by atoms with E-state index < -0.39 is 0 Å². The number of hydrogen-bond donors (Lipinski definition) is 1. The fourth-order valence-electron chi connectivity index (χ4n) is 2.71. The highest BCUT2D eigenvalue weighted by molar-refractivity contribution is 5.82. The maximum Gasteiger partial charge on any atom is 0.194 e. The van der Waals surface area contributed by atoms with E-state index in [0.717, 1.165) is 31.0 Å². The first-order chi connectivity index (χ1) is 9.78. The van der Waals surface area contributed by atoms with Crippen LogP contribution >= 0.6 is 0 Å². The highest BCUT2D eigenvalue weighted by Gasteiger charge is 2.53. The van der Waals surface area contributed by atoms with Gasteiger partial charge in [0, 0.05) is 31.1 Å². The summed E-state index contributed by atoms with van der Waals surface area (Å²) < 4.78 is 13.1. The van der Waals surface area contributed by atoms with Crippen LogP contribution in [0.3, 0.4) is 0 Å². The second-order valence-electron chi connectivity index (χ2n) is 6.88. The van der Waals surface area contributed by atoms with Crippen LogP contribution in [-0.2, 0) is 6.42 Å². The Morgan fingerprint density at radius 1 is 1.33 bits per heavy atom. The van der Waals surface area contributed by atoms with Crippen molar-refractivity contribution in [1.82, 2.24) is 10.2 Å². The van der Waals surface area contributed by atoms with Crippen LogP contribution < -0.4 is 5.32 Å². The number of nitrogens with zero attached hydrogens (tertiary/aromatic N) is 2. The number of halogens is 1. The maximum atomic E-state index is 13.1. The summed E-state index contributed by atoms with van der Waals surface area (Å²) in [5.74, 6) is 0.748. The van der Waals surface area contributed by atoms with Crippen LogP contribution in [0.2, 0.25) is 0 Å². The van der Waals surface area contributed by atoms with Crippen LogP contribution in [0, 0.1) is 11.2 Å². The van der Waals surface area contributed by atoms with Gasteiger partial charge in [-0.05, 0) is 38.0 Å². The summed E-state index contributed by atoms with van der Waals surface area (Å²) in [6.45, 7) is 10.8. The molecule has 3 nitrogen and oxygen atoms in total. The highest BCUT2D eigenvalue weighted by atomic mass is 19.1. The zero-order chi connectivity index (χ0) is 15.7. The first kappa shape index (κ1) is 15.8. The normalized spacial score (nSPS) is 20.1.